The van der Waals surface area contributed by atoms with Gasteiger partial charge in [0.05, 0.1) is 0 Å². The third kappa shape index (κ3) is 6.51. The largest absolute Gasteiger partial charge is 0.478 e. The number of rotatable bonds is 9. The number of hydrogen-bond acceptors (Lipinski definition) is 4. The van der Waals surface area contributed by atoms with Crippen LogP contribution in [0.4, 0.5) is 0 Å². The van der Waals surface area contributed by atoms with Crippen molar-refractivity contribution in [3.8, 4) is 5.75 Å². The highest BCUT2D eigenvalue weighted by molar-refractivity contribution is 5.98. The van der Waals surface area contributed by atoms with Gasteiger partial charge in [-0.2, -0.15) is 0 Å². The van der Waals surface area contributed by atoms with Crippen LogP contribution in [0, 0.1) is 0 Å². The third-order valence-corrected chi connectivity index (χ3v) is 5.03. The van der Waals surface area contributed by atoms with Crippen LogP contribution in [0.2, 0.25) is 0 Å². The van der Waals surface area contributed by atoms with Gasteiger partial charge in [-0.05, 0) is 58.0 Å². The lowest BCUT2D eigenvalue weighted by Gasteiger charge is -2.17. The average molecular weight is 443 g/mol. The van der Waals surface area contributed by atoms with E-state index in [1.165, 1.54) is 12.7 Å². The van der Waals surface area contributed by atoms with E-state index in [0.29, 0.717) is 5.75 Å². The normalized spacial score (nSPS) is 11.8. The molecule has 0 spiro atoms. The number of carbonyl (C=O) groups is 2. The molecule has 0 saturated carbocycles. The maximum atomic E-state index is 11.7. The van der Waals surface area contributed by atoms with Gasteiger partial charge in [0.15, 0.2) is 0 Å². The van der Waals surface area contributed by atoms with E-state index in [1.807, 2.05) is 54.6 Å². The predicted octanol–water partition coefficient (Wildman–Crippen LogP) is 5.71. The van der Waals surface area contributed by atoms with Crippen LogP contribution in [0.5, 0.6) is 5.75 Å². The Morgan fingerprint density at radius 1 is 0.848 bits per heavy atom. The monoisotopic (exact) mass is 442 g/mol. The minimum atomic E-state index is -0.983. The highest BCUT2D eigenvalue weighted by Gasteiger charge is 2.14. The first kappa shape index (κ1) is 23.7. The SMILES string of the molecule is CC/C(=C(\c1ccc(/C=C/C(=O)O)cc1)c1ccc(OC(=O)COC)cc1)c1ccccc1. The lowest BCUT2D eigenvalue weighted by atomic mass is 9.88. The lowest BCUT2D eigenvalue weighted by molar-refractivity contribution is -0.138. The Balaban J connectivity index is 2.06. The van der Waals surface area contributed by atoms with E-state index < -0.39 is 11.9 Å². The molecule has 33 heavy (non-hydrogen) atoms. The first-order chi connectivity index (χ1) is 16.0. The van der Waals surface area contributed by atoms with Crippen molar-refractivity contribution in [2.75, 3.05) is 13.7 Å². The first-order valence-electron chi connectivity index (χ1n) is 10.6. The summed E-state index contributed by atoms with van der Waals surface area (Å²) in [6.45, 7) is 2.01. The number of benzene rings is 3. The summed E-state index contributed by atoms with van der Waals surface area (Å²) >= 11 is 0. The molecule has 5 nitrogen and oxygen atoms in total. The Hall–Kier alpha value is -3.96. The van der Waals surface area contributed by atoms with Gasteiger partial charge in [0.25, 0.3) is 0 Å². The van der Waals surface area contributed by atoms with Crippen molar-refractivity contribution < 1.29 is 24.2 Å². The van der Waals surface area contributed by atoms with Gasteiger partial charge >= 0.3 is 11.9 Å². The zero-order valence-electron chi connectivity index (χ0n) is 18.7. The second-order valence-electron chi connectivity index (χ2n) is 7.30. The topological polar surface area (TPSA) is 72.8 Å². The van der Waals surface area contributed by atoms with Gasteiger partial charge in [0.2, 0.25) is 0 Å². The van der Waals surface area contributed by atoms with E-state index in [-0.39, 0.29) is 6.61 Å². The molecule has 5 heteroatoms. The molecule has 0 atom stereocenters. The molecule has 0 bridgehead atoms. The van der Waals surface area contributed by atoms with Gasteiger partial charge in [-0.15, -0.1) is 0 Å². The fourth-order valence-corrected chi connectivity index (χ4v) is 3.58. The molecule has 0 heterocycles. The maximum Gasteiger partial charge on any atom is 0.337 e. The van der Waals surface area contributed by atoms with Crippen LogP contribution in [0.25, 0.3) is 17.2 Å². The molecule has 0 aliphatic rings. The highest BCUT2D eigenvalue weighted by Crippen LogP contribution is 2.35. The van der Waals surface area contributed by atoms with Crippen LogP contribution in [-0.2, 0) is 14.3 Å². The van der Waals surface area contributed by atoms with Crippen molar-refractivity contribution >= 4 is 29.2 Å². The van der Waals surface area contributed by atoms with Crippen LogP contribution < -0.4 is 4.74 Å². The van der Waals surface area contributed by atoms with Gasteiger partial charge in [-0.1, -0.05) is 73.7 Å². The van der Waals surface area contributed by atoms with E-state index in [0.717, 1.165) is 40.3 Å². The molecule has 168 valence electrons. The Bertz CT molecular complexity index is 1140. The molecule has 0 aliphatic carbocycles. The zero-order valence-corrected chi connectivity index (χ0v) is 18.7. The molecule has 0 saturated heterocycles. The number of carboxylic acid groups (broad SMARTS) is 1. The molecule has 3 aromatic rings. The van der Waals surface area contributed by atoms with E-state index in [4.69, 9.17) is 14.6 Å². The van der Waals surface area contributed by atoms with Gasteiger partial charge in [0, 0.05) is 13.2 Å². The summed E-state index contributed by atoms with van der Waals surface area (Å²) in [5.74, 6) is -0.986. The Kier molecular flexibility index (Phi) is 8.33. The minimum Gasteiger partial charge on any atom is -0.478 e. The summed E-state index contributed by atoms with van der Waals surface area (Å²) in [5, 5.41) is 8.87. The van der Waals surface area contributed by atoms with Gasteiger partial charge < -0.3 is 14.6 Å². The second kappa shape index (κ2) is 11.6. The van der Waals surface area contributed by atoms with Crippen LogP contribution >= 0.6 is 0 Å². The zero-order chi connectivity index (χ0) is 23.6. The van der Waals surface area contributed by atoms with Crippen LogP contribution in [0.3, 0.4) is 0 Å². The van der Waals surface area contributed by atoms with E-state index in [1.54, 1.807) is 18.2 Å². The smallest absolute Gasteiger partial charge is 0.337 e. The Morgan fingerprint density at radius 3 is 2.00 bits per heavy atom. The molecule has 0 amide bonds. The average Bonchev–Trinajstić information content (AvgIpc) is 2.83. The number of carbonyl (C=O) groups excluding carboxylic acids is 1. The third-order valence-electron chi connectivity index (χ3n) is 5.03. The number of allylic oxidation sites excluding steroid dienone is 1. The minimum absolute atomic E-state index is 0.108. The first-order valence-corrected chi connectivity index (χ1v) is 10.6. The van der Waals surface area contributed by atoms with Crippen molar-refractivity contribution in [3.63, 3.8) is 0 Å². The van der Waals surface area contributed by atoms with E-state index in [9.17, 15) is 9.59 Å². The standard InChI is InChI=1S/C28H26O5/c1-3-25(21-7-5-4-6-8-21)28(22-12-9-20(10-13-22)11-18-26(29)30)23-14-16-24(17-15-23)33-27(31)19-32-2/h4-18H,3,19H2,1-2H3,(H,29,30)/b18-11+,28-25-. The van der Waals surface area contributed by atoms with Gasteiger partial charge in [-0.25, -0.2) is 9.59 Å². The van der Waals surface area contributed by atoms with Crippen molar-refractivity contribution in [1.29, 1.82) is 0 Å². The van der Waals surface area contributed by atoms with Crippen LogP contribution in [0.15, 0.2) is 84.9 Å². The fraction of sp³-hybridized carbons (Fsp3) is 0.143. The fourth-order valence-electron chi connectivity index (χ4n) is 3.58. The van der Waals surface area contributed by atoms with E-state index >= 15 is 0 Å². The molecule has 0 radical (unpaired) electrons. The summed E-state index contributed by atoms with van der Waals surface area (Å²) in [5.41, 5.74) is 6.16. The highest BCUT2D eigenvalue weighted by atomic mass is 16.6. The van der Waals surface area contributed by atoms with Gasteiger partial charge in [-0.3, -0.25) is 0 Å². The second-order valence-corrected chi connectivity index (χ2v) is 7.30. The number of esters is 1. The number of methoxy groups -OCH3 is 1. The maximum absolute atomic E-state index is 11.7. The quantitative estimate of drug-likeness (QED) is 0.199. The van der Waals surface area contributed by atoms with Crippen molar-refractivity contribution in [3.05, 3.63) is 107 Å². The summed E-state index contributed by atoms with van der Waals surface area (Å²) in [7, 11) is 1.44. The van der Waals surface area contributed by atoms with Crippen molar-refractivity contribution in [2.45, 2.75) is 13.3 Å². The summed E-state index contributed by atoms with van der Waals surface area (Å²) in [6, 6.07) is 25.4. The lowest BCUT2D eigenvalue weighted by Crippen LogP contribution is -2.14. The molecular weight excluding hydrogens is 416 g/mol. The van der Waals surface area contributed by atoms with Crippen molar-refractivity contribution in [2.24, 2.45) is 0 Å². The summed E-state index contributed by atoms with van der Waals surface area (Å²) in [4.78, 5) is 22.5. The van der Waals surface area contributed by atoms with Crippen molar-refractivity contribution in [1.82, 2.24) is 0 Å². The number of ether oxygens (including phenoxy) is 2. The predicted molar refractivity (Wildman–Crippen MR) is 130 cm³/mol. The Labute approximate surface area is 193 Å². The molecule has 0 aliphatic heterocycles. The molecule has 1 N–H and O–H groups in total. The molecule has 3 rings (SSSR count). The number of hydrogen-bond donors (Lipinski definition) is 1. The molecule has 0 unspecified atom stereocenters. The Morgan fingerprint density at radius 2 is 1.45 bits per heavy atom. The molecule has 0 aromatic heterocycles. The van der Waals surface area contributed by atoms with Crippen LogP contribution in [-0.4, -0.2) is 30.8 Å². The molecular formula is C28H26O5. The molecule has 3 aromatic carbocycles. The van der Waals surface area contributed by atoms with Crippen LogP contribution in [0.1, 0.15) is 35.6 Å². The number of aliphatic carboxylic acids is 1. The molecule has 0 fully saturated rings. The summed E-state index contributed by atoms with van der Waals surface area (Å²) < 4.78 is 10.1. The van der Waals surface area contributed by atoms with Gasteiger partial charge in [0.1, 0.15) is 12.4 Å². The summed E-state index contributed by atoms with van der Waals surface area (Å²) in [6.07, 6.45) is 3.50. The van der Waals surface area contributed by atoms with E-state index in [2.05, 4.69) is 19.1 Å². The number of carboxylic acids is 1.